The minimum Gasteiger partial charge on any atom is -0.341 e. The number of nitrogens with zero attached hydrogens (tertiary/aromatic N) is 3. The van der Waals surface area contributed by atoms with Crippen molar-refractivity contribution in [1.82, 2.24) is 14.7 Å². The van der Waals surface area contributed by atoms with Crippen molar-refractivity contribution in [2.45, 2.75) is 25.3 Å². The monoisotopic (exact) mass is 383 g/mol. The highest BCUT2D eigenvalue weighted by molar-refractivity contribution is 8.00. The fraction of sp³-hybridized carbons (Fsp3) is 0.238. The summed E-state index contributed by atoms with van der Waals surface area (Å²) in [5, 5.41) is 4.63. The second kappa shape index (κ2) is 8.39. The number of thioether (sulfide) groups is 1. The van der Waals surface area contributed by atoms with Crippen LogP contribution in [0, 0.1) is 19.7 Å². The van der Waals surface area contributed by atoms with Crippen LogP contribution in [0.5, 0.6) is 0 Å². The third-order valence-corrected chi connectivity index (χ3v) is 5.44. The first-order valence-corrected chi connectivity index (χ1v) is 9.67. The van der Waals surface area contributed by atoms with Crippen molar-refractivity contribution in [3.8, 4) is 5.69 Å². The molecule has 0 atom stereocenters. The second-order valence-corrected chi connectivity index (χ2v) is 7.44. The third-order valence-electron chi connectivity index (χ3n) is 4.44. The molecule has 2 aromatic carbocycles. The lowest BCUT2D eigenvalue weighted by molar-refractivity contribution is -0.127. The molecule has 1 aromatic heterocycles. The van der Waals surface area contributed by atoms with E-state index in [0.717, 1.165) is 27.5 Å². The van der Waals surface area contributed by atoms with E-state index < -0.39 is 0 Å². The maximum Gasteiger partial charge on any atom is 0.232 e. The smallest absolute Gasteiger partial charge is 0.232 e. The molecule has 0 spiro atoms. The number of benzene rings is 2. The highest BCUT2D eigenvalue weighted by Gasteiger charge is 2.17. The van der Waals surface area contributed by atoms with Gasteiger partial charge in [-0.2, -0.15) is 5.10 Å². The standard InChI is InChI=1S/C21H22FN3OS/c1-15-20(16(2)25(23-15)18-7-5-4-6-8-18)13-24(3)21(26)14-27-19-11-9-17(22)10-12-19/h4-12H,13-14H2,1-3H3. The summed E-state index contributed by atoms with van der Waals surface area (Å²) >= 11 is 1.41. The first-order valence-electron chi connectivity index (χ1n) is 8.68. The number of aryl methyl sites for hydroxylation is 1. The molecule has 0 bridgehead atoms. The Morgan fingerprint density at radius 3 is 2.44 bits per heavy atom. The number of aromatic nitrogens is 2. The summed E-state index contributed by atoms with van der Waals surface area (Å²) in [5.74, 6) is 0.0623. The molecule has 6 heteroatoms. The molecule has 0 saturated carbocycles. The molecule has 0 radical (unpaired) electrons. The van der Waals surface area contributed by atoms with E-state index in [-0.39, 0.29) is 11.7 Å². The van der Waals surface area contributed by atoms with Gasteiger partial charge in [0.25, 0.3) is 0 Å². The number of para-hydroxylation sites is 1. The topological polar surface area (TPSA) is 38.1 Å². The van der Waals surface area contributed by atoms with E-state index in [1.807, 2.05) is 48.9 Å². The molecule has 4 nitrogen and oxygen atoms in total. The average molecular weight is 383 g/mol. The van der Waals surface area contributed by atoms with E-state index in [2.05, 4.69) is 5.10 Å². The Labute approximate surface area is 163 Å². The highest BCUT2D eigenvalue weighted by Crippen LogP contribution is 2.21. The fourth-order valence-corrected chi connectivity index (χ4v) is 3.67. The van der Waals surface area contributed by atoms with E-state index in [0.29, 0.717) is 12.3 Å². The minimum atomic E-state index is -0.274. The molecule has 3 rings (SSSR count). The van der Waals surface area contributed by atoms with E-state index >= 15 is 0 Å². The van der Waals surface area contributed by atoms with Crippen molar-refractivity contribution < 1.29 is 9.18 Å². The second-order valence-electron chi connectivity index (χ2n) is 6.39. The molecule has 27 heavy (non-hydrogen) atoms. The van der Waals surface area contributed by atoms with Crippen LogP contribution in [0.3, 0.4) is 0 Å². The van der Waals surface area contributed by atoms with Gasteiger partial charge >= 0.3 is 0 Å². The van der Waals surface area contributed by atoms with Crippen LogP contribution in [0.1, 0.15) is 17.0 Å². The molecule has 140 valence electrons. The maximum absolute atomic E-state index is 13.0. The van der Waals surface area contributed by atoms with E-state index in [1.54, 1.807) is 24.1 Å². The highest BCUT2D eigenvalue weighted by atomic mass is 32.2. The fourth-order valence-electron chi connectivity index (χ4n) is 2.84. The number of halogens is 1. The molecular weight excluding hydrogens is 361 g/mol. The Kier molecular flexibility index (Phi) is 5.96. The molecule has 0 saturated heterocycles. The predicted octanol–water partition coefficient (Wildman–Crippen LogP) is 4.38. The summed E-state index contributed by atoms with van der Waals surface area (Å²) in [6.45, 7) is 4.49. The van der Waals surface area contributed by atoms with Gasteiger partial charge in [0.15, 0.2) is 0 Å². The number of hydrogen-bond donors (Lipinski definition) is 0. The lowest BCUT2D eigenvalue weighted by Gasteiger charge is -2.17. The van der Waals surface area contributed by atoms with Crippen LogP contribution in [-0.2, 0) is 11.3 Å². The lowest BCUT2D eigenvalue weighted by Crippen LogP contribution is -2.28. The largest absolute Gasteiger partial charge is 0.341 e. The van der Waals surface area contributed by atoms with Crippen LogP contribution in [0.25, 0.3) is 5.69 Å². The quantitative estimate of drug-likeness (QED) is 0.593. The molecule has 0 fully saturated rings. The van der Waals surface area contributed by atoms with Gasteiger partial charge in [-0.25, -0.2) is 9.07 Å². The molecule has 1 amide bonds. The van der Waals surface area contributed by atoms with E-state index in [4.69, 9.17) is 0 Å². The predicted molar refractivity (Wildman–Crippen MR) is 107 cm³/mol. The van der Waals surface area contributed by atoms with Crippen LogP contribution in [0.4, 0.5) is 4.39 Å². The van der Waals surface area contributed by atoms with Crippen LogP contribution >= 0.6 is 11.8 Å². The van der Waals surface area contributed by atoms with Gasteiger partial charge in [-0.1, -0.05) is 18.2 Å². The van der Waals surface area contributed by atoms with Gasteiger partial charge < -0.3 is 4.90 Å². The molecule has 3 aromatic rings. The summed E-state index contributed by atoms with van der Waals surface area (Å²) in [5.41, 5.74) is 4.01. The molecule has 0 N–H and O–H groups in total. The van der Waals surface area contributed by atoms with Gasteiger partial charge in [-0.05, 0) is 50.2 Å². The molecule has 0 aliphatic rings. The minimum absolute atomic E-state index is 0.0237. The van der Waals surface area contributed by atoms with Crippen molar-refractivity contribution >= 4 is 17.7 Å². The normalized spacial score (nSPS) is 10.8. The average Bonchev–Trinajstić information content (AvgIpc) is 2.96. The Morgan fingerprint density at radius 1 is 1.11 bits per heavy atom. The molecule has 0 aliphatic heterocycles. The number of carbonyl (C=O) groups excluding carboxylic acids is 1. The first-order chi connectivity index (χ1) is 13.0. The summed E-state index contributed by atoms with van der Waals surface area (Å²) in [6.07, 6.45) is 0. The van der Waals surface area contributed by atoms with Crippen LogP contribution < -0.4 is 0 Å². The van der Waals surface area contributed by atoms with Crippen molar-refractivity contribution in [2.24, 2.45) is 0 Å². The third kappa shape index (κ3) is 4.57. The summed E-state index contributed by atoms with van der Waals surface area (Å²) in [4.78, 5) is 15.1. The van der Waals surface area contributed by atoms with Gasteiger partial charge in [0.05, 0.1) is 17.1 Å². The van der Waals surface area contributed by atoms with Crippen LogP contribution in [-0.4, -0.2) is 33.4 Å². The molecular formula is C21H22FN3OS. The lowest BCUT2D eigenvalue weighted by atomic mass is 10.2. The number of hydrogen-bond acceptors (Lipinski definition) is 3. The Bertz CT molecular complexity index is 923. The van der Waals surface area contributed by atoms with Crippen molar-refractivity contribution in [3.63, 3.8) is 0 Å². The molecule has 0 aliphatic carbocycles. The van der Waals surface area contributed by atoms with Crippen LogP contribution in [0.15, 0.2) is 59.5 Å². The SMILES string of the molecule is Cc1nn(-c2ccccc2)c(C)c1CN(C)C(=O)CSc1ccc(F)cc1. The summed E-state index contributed by atoms with van der Waals surface area (Å²) in [7, 11) is 1.80. The number of carbonyl (C=O) groups is 1. The summed E-state index contributed by atoms with van der Waals surface area (Å²) in [6, 6.07) is 16.1. The maximum atomic E-state index is 13.0. The molecule has 1 heterocycles. The Hall–Kier alpha value is -2.60. The summed E-state index contributed by atoms with van der Waals surface area (Å²) < 4.78 is 14.9. The zero-order valence-corrected chi connectivity index (χ0v) is 16.5. The van der Waals surface area contributed by atoms with Gasteiger partial charge in [0.1, 0.15) is 5.82 Å². The number of rotatable bonds is 6. The van der Waals surface area contributed by atoms with Gasteiger partial charge in [0, 0.05) is 29.7 Å². The van der Waals surface area contributed by atoms with Gasteiger partial charge in [-0.3, -0.25) is 4.79 Å². The Balaban J connectivity index is 1.66. The zero-order chi connectivity index (χ0) is 19.4. The first kappa shape index (κ1) is 19.2. The van der Waals surface area contributed by atoms with Crippen molar-refractivity contribution in [2.75, 3.05) is 12.8 Å². The van der Waals surface area contributed by atoms with Gasteiger partial charge in [0.2, 0.25) is 5.91 Å². The molecule has 0 unspecified atom stereocenters. The van der Waals surface area contributed by atoms with E-state index in [9.17, 15) is 9.18 Å². The van der Waals surface area contributed by atoms with Crippen molar-refractivity contribution in [3.05, 3.63) is 77.4 Å². The van der Waals surface area contributed by atoms with E-state index in [1.165, 1.54) is 23.9 Å². The van der Waals surface area contributed by atoms with Crippen molar-refractivity contribution in [1.29, 1.82) is 0 Å². The van der Waals surface area contributed by atoms with Crippen LogP contribution in [0.2, 0.25) is 0 Å². The Morgan fingerprint density at radius 2 is 1.78 bits per heavy atom. The number of amides is 1. The van der Waals surface area contributed by atoms with Gasteiger partial charge in [-0.15, -0.1) is 11.8 Å². The zero-order valence-electron chi connectivity index (χ0n) is 15.6.